The number of likely N-dealkylation sites (tertiary alicyclic amines) is 1. The molecule has 104 valence electrons. The molecule has 0 bridgehead atoms. The highest BCUT2D eigenvalue weighted by molar-refractivity contribution is 6.50. The Morgan fingerprint density at radius 3 is 1.82 bits per heavy atom. The minimum absolute atomic E-state index is 0.790. The third-order valence-corrected chi connectivity index (χ3v) is 2.67. The van der Waals surface area contributed by atoms with Gasteiger partial charge in [0.05, 0.1) is 19.6 Å². The van der Waals surface area contributed by atoms with Crippen LogP contribution in [0.25, 0.3) is 0 Å². The van der Waals surface area contributed by atoms with Crippen molar-refractivity contribution in [2.45, 2.75) is 26.7 Å². The predicted molar refractivity (Wildman–Crippen MR) is 61.0 cm³/mol. The van der Waals surface area contributed by atoms with Gasteiger partial charge in [-0.25, -0.2) is 0 Å². The number of hydrogen-bond acceptors (Lipinski definition) is 1. The van der Waals surface area contributed by atoms with Crippen LogP contribution in [0.3, 0.4) is 0 Å². The van der Waals surface area contributed by atoms with Crippen LogP contribution >= 0.6 is 0 Å². The summed E-state index contributed by atoms with van der Waals surface area (Å²) >= 11 is -6.83. The van der Waals surface area contributed by atoms with Crippen molar-refractivity contribution in [3.8, 4) is 0 Å². The highest BCUT2D eigenvalue weighted by atomic mass is 27.5. The number of methoxy groups -OCH3 is 1. The summed E-state index contributed by atoms with van der Waals surface area (Å²) in [5, 5.41) is 0. The maximum absolute atomic E-state index is 9.85. The number of rotatable bonds is 4. The van der Waals surface area contributed by atoms with Gasteiger partial charge in [0.1, 0.15) is 0 Å². The maximum atomic E-state index is 9.85. The zero-order valence-electron chi connectivity index (χ0n) is 10.8. The Balaban J connectivity index is 0.000000437. The van der Waals surface area contributed by atoms with Crippen molar-refractivity contribution >= 4 is 14.9 Å². The molecule has 0 aliphatic carbocycles. The lowest BCUT2D eigenvalue weighted by atomic mass is 10.2. The first kappa shape index (κ1) is 17.2. The van der Waals surface area contributed by atoms with Crippen molar-refractivity contribution in [2.24, 2.45) is 5.92 Å². The molecule has 1 rings (SSSR count). The van der Waals surface area contributed by atoms with Crippen molar-refractivity contribution in [1.82, 2.24) is 0 Å². The Labute approximate surface area is 105 Å². The minimum atomic E-state index is -6.83. The lowest BCUT2D eigenvalue weighted by molar-refractivity contribution is -0.937. The molecule has 2 nitrogen and oxygen atoms in total. The van der Waals surface area contributed by atoms with E-state index in [2.05, 4.69) is 13.8 Å². The van der Waals surface area contributed by atoms with Crippen molar-refractivity contribution in [3.05, 3.63) is 0 Å². The zero-order chi connectivity index (χ0) is 13.5. The summed E-state index contributed by atoms with van der Waals surface area (Å²) in [5.74, 6) is 0.790. The fourth-order valence-corrected chi connectivity index (χ4v) is 2.42. The molecule has 0 unspecified atom stereocenters. The summed E-state index contributed by atoms with van der Waals surface area (Å²) < 4.78 is 45.9. The molecule has 1 fully saturated rings. The van der Waals surface area contributed by atoms with Gasteiger partial charge in [0, 0.05) is 25.9 Å². The summed E-state index contributed by atoms with van der Waals surface area (Å²) in [6, 6.07) is 0. The molecule has 0 radical (unpaired) electrons. The summed E-state index contributed by atoms with van der Waals surface area (Å²) in [4.78, 5) is 0. The first-order valence-electron chi connectivity index (χ1n) is 5.90. The van der Waals surface area contributed by atoms with Crippen LogP contribution in [0.15, 0.2) is 0 Å². The molecule has 1 aliphatic heterocycles. The van der Waals surface area contributed by atoms with E-state index in [9.17, 15) is 14.1 Å². The van der Waals surface area contributed by atoms with Crippen LogP contribution in [0.2, 0.25) is 0 Å². The lowest BCUT2D eigenvalue weighted by Crippen LogP contribution is -2.48. The molecular weight excluding hydrogens is 253 g/mol. The third-order valence-electron chi connectivity index (χ3n) is 2.67. The van der Waals surface area contributed by atoms with Gasteiger partial charge in [-0.2, -0.15) is 0 Å². The van der Waals surface area contributed by atoms with Crippen LogP contribution < -0.4 is 0 Å². The Bertz CT molecular complexity index is 199. The number of halogens is 4. The van der Waals surface area contributed by atoms with Gasteiger partial charge in [-0.05, 0) is 0 Å². The van der Waals surface area contributed by atoms with E-state index < -0.39 is 14.9 Å². The fourth-order valence-electron chi connectivity index (χ4n) is 2.42. The van der Waals surface area contributed by atoms with Crippen LogP contribution in [0.1, 0.15) is 26.7 Å². The molecule has 1 heterocycles. The first-order chi connectivity index (χ1) is 7.68. The molecular formula is C10H22AlF4NO. The molecule has 0 spiro atoms. The van der Waals surface area contributed by atoms with Crippen molar-refractivity contribution < 1.29 is 23.3 Å². The van der Waals surface area contributed by atoms with E-state index in [0.717, 1.165) is 12.6 Å². The second-order valence-corrected chi connectivity index (χ2v) is 5.97. The highest BCUT2D eigenvalue weighted by Gasteiger charge is 2.41. The molecule has 0 aromatic rings. The standard InChI is InChI=1S/C10H22NO.Al.4FH/c1-10(2)8-11(9-12-3)6-4-5-7-11;;;;;/h10H,4-9H2,1-3H3;;4*1H/q+1;+3;;;;/p-4. The van der Waals surface area contributed by atoms with E-state index in [1.165, 1.54) is 37.0 Å². The highest BCUT2D eigenvalue weighted by Crippen LogP contribution is 2.21. The van der Waals surface area contributed by atoms with Gasteiger partial charge in [0.2, 0.25) is 0 Å². The van der Waals surface area contributed by atoms with E-state index in [0.29, 0.717) is 0 Å². The summed E-state index contributed by atoms with van der Waals surface area (Å²) in [6.07, 6.45) is 2.77. The van der Waals surface area contributed by atoms with E-state index in [4.69, 9.17) is 4.74 Å². The molecule has 0 atom stereocenters. The second-order valence-electron chi connectivity index (χ2n) is 4.99. The summed E-state index contributed by atoms with van der Waals surface area (Å²) in [7, 11) is 1.82. The van der Waals surface area contributed by atoms with E-state index >= 15 is 0 Å². The maximum Gasteiger partial charge on any atom is 1.04 e. The van der Waals surface area contributed by atoms with Gasteiger partial charge in [0.15, 0.2) is 6.73 Å². The van der Waals surface area contributed by atoms with Crippen LogP contribution in [-0.2, 0) is 4.74 Å². The van der Waals surface area contributed by atoms with E-state index in [1.807, 2.05) is 7.11 Å². The smallest absolute Gasteiger partial charge is 0.510 e. The topological polar surface area (TPSA) is 9.23 Å². The molecule has 0 saturated carbocycles. The Hall–Kier alpha value is 0.172. The Morgan fingerprint density at radius 2 is 1.53 bits per heavy atom. The first-order valence-corrected chi connectivity index (χ1v) is 7.64. The van der Waals surface area contributed by atoms with Crippen LogP contribution in [0.5, 0.6) is 0 Å². The molecule has 1 aliphatic rings. The summed E-state index contributed by atoms with van der Waals surface area (Å²) in [5.41, 5.74) is 0. The van der Waals surface area contributed by atoms with Crippen molar-refractivity contribution in [3.63, 3.8) is 0 Å². The third kappa shape index (κ3) is 9.84. The van der Waals surface area contributed by atoms with Gasteiger partial charge in [-0.15, -0.1) is 0 Å². The number of ether oxygens (including phenoxy) is 1. The van der Waals surface area contributed by atoms with Crippen molar-refractivity contribution in [2.75, 3.05) is 33.5 Å². The van der Waals surface area contributed by atoms with Gasteiger partial charge in [-0.1, -0.05) is 13.8 Å². The number of quaternary nitrogens is 1. The number of nitrogens with zero attached hydrogens (tertiary/aromatic N) is 1. The van der Waals surface area contributed by atoms with Crippen molar-refractivity contribution in [1.29, 1.82) is 0 Å². The predicted octanol–water partition coefficient (Wildman–Crippen LogP) is 3.16. The van der Waals surface area contributed by atoms with Gasteiger partial charge in [-0.3, -0.25) is 0 Å². The second kappa shape index (κ2) is 7.57. The van der Waals surface area contributed by atoms with Gasteiger partial charge >= 0.3 is 14.9 Å². The number of hydrogen-bond donors (Lipinski definition) is 0. The van der Waals surface area contributed by atoms with Crippen LogP contribution in [0.4, 0.5) is 14.1 Å². The van der Waals surface area contributed by atoms with Gasteiger partial charge < -0.3 is 23.3 Å². The normalized spacial score (nSPS) is 19.1. The van der Waals surface area contributed by atoms with E-state index in [-0.39, 0.29) is 0 Å². The molecule has 7 heteroatoms. The molecule has 0 N–H and O–H groups in total. The lowest BCUT2D eigenvalue weighted by Gasteiger charge is -2.34. The monoisotopic (exact) mass is 275 g/mol. The molecule has 1 saturated heterocycles. The molecule has 17 heavy (non-hydrogen) atoms. The SMILES string of the molecule is COC[N+]1(CC(C)C)CCCC1.[F][Al-]([F])([F])[F]. The minimum Gasteiger partial charge on any atom is -0.510 e. The zero-order valence-corrected chi connectivity index (χ0v) is 11.9. The van der Waals surface area contributed by atoms with Crippen LogP contribution in [-0.4, -0.2) is 52.9 Å². The largest absolute Gasteiger partial charge is 1.04 e. The summed E-state index contributed by atoms with van der Waals surface area (Å²) in [6.45, 7) is 9.45. The quantitative estimate of drug-likeness (QED) is 0.435. The fraction of sp³-hybridized carbons (Fsp3) is 1.00. The Kier molecular flexibility index (Phi) is 7.65. The molecule has 0 aromatic heterocycles. The van der Waals surface area contributed by atoms with Gasteiger partial charge in [0.25, 0.3) is 0 Å². The average molecular weight is 275 g/mol. The Morgan fingerprint density at radius 1 is 1.12 bits per heavy atom. The van der Waals surface area contributed by atoms with E-state index in [1.54, 1.807) is 0 Å². The molecule has 0 aromatic carbocycles. The average Bonchev–Trinajstić information content (AvgIpc) is 2.49. The van der Waals surface area contributed by atoms with Crippen LogP contribution in [0, 0.1) is 5.92 Å². The molecule has 0 amide bonds.